The van der Waals surface area contributed by atoms with Gasteiger partial charge >= 0.3 is 0 Å². The van der Waals surface area contributed by atoms with Crippen LogP contribution in [0.25, 0.3) is 0 Å². The van der Waals surface area contributed by atoms with Gasteiger partial charge in [0.15, 0.2) is 0 Å². The Balaban J connectivity index is 3.02. The second-order valence-corrected chi connectivity index (χ2v) is 2.17. The van der Waals surface area contributed by atoms with Crippen molar-refractivity contribution in [1.82, 2.24) is 0 Å². The zero-order chi connectivity index (χ0) is 6.41. The van der Waals surface area contributed by atoms with Gasteiger partial charge in [0, 0.05) is 5.92 Å². The standard InChI is InChI=1S/C7H13N/c1-3-4-5-7(2)6-8/h7H,3-5H2,1-2H3. The van der Waals surface area contributed by atoms with Crippen molar-refractivity contribution in [2.45, 2.75) is 33.1 Å². The second kappa shape index (κ2) is 4.64. The molecule has 0 aromatic heterocycles. The summed E-state index contributed by atoms with van der Waals surface area (Å²) < 4.78 is 0. The van der Waals surface area contributed by atoms with E-state index in [-0.39, 0.29) is 5.92 Å². The summed E-state index contributed by atoms with van der Waals surface area (Å²) in [4.78, 5) is 0. The summed E-state index contributed by atoms with van der Waals surface area (Å²) in [5.74, 6) is 0.259. The van der Waals surface area contributed by atoms with Gasteiger partial charge in [-0.15, -0.1) is 0 Å². The quantitative estimate of drug-likeness (QED) is 0.548. The lowest BCUT2D eigenvalue weighted by Crippen LogP contribution is -1.87. The number of rotatable bonds is 3. The monoisotopic (exact) mass is 111 g/mol. The van der Waals surface area contributed by atoms with Crippen LogP contribution in [0, 0.1) is 17.2 Å². The Kier molecular flexibility index (Phi) is 4.35. The molecular weight excluding hydrogens is 98.1 g/mol. The summed E-state index contributed by atoms with van der Waals surface area (Å²) in [7, 11) is 0. The van der Waals surface area contributed by atoms with Gasteiger partial charge < -0.3 is 0 Å². The highest BCUT2D eigenvalue weighted by atomic mass is 14.2. The molecule has 0 bridgehead atoms. The van der Waals surface area contributed by atoms with Crippen LogP contribution in [-0.4, -0.2) is 0 Å². The van der Waals surface area contributed by atoms with Crippen molar-refractivity contribution in [3.05, 3.63) is 0 Å². The molecule has 0 saturated carbocycles. The van der Waals surface area contributed by atoms with Crippen LogP contribution in [0.2, 0.25) is 0 Å². The van der Waals surface area contributed by atoms with E-state index >= 15 is 0 Å². The summed E-state index contributed by atoms with van der Waals surface area (Å²) in [6.07, 6.45) is 3.45. The lowest BCUT2D eigenvalue weighted by molar-refractivity contribution is 0.608. The van der Waals surface area contributed by atoms with Gasteiger partial charge in [0.1, 0.15) is 0 Å². The third-order valence-electron chi connectivity index (χ3n) is 1.21. The normalized spacial score (nSPS) is 12.6. The van der Waals surface area contributed by atoms with Crippen molar-refractivity contribution in [2.75, 3.05) is 0 Å². The van der Waals surface area contributed by atoms with Crippen LogP contribution in [0.3, 0.4) is 0 Å². The van der Waals surface area contributed by atoms with E-state index in [9.17, 15) is 0 Å². The molecule has 0 fully saturated rings. The van der Waals surface area contributed by atoms with E-state index < -0.39 is 0 Å². The minimum atomic E-state index is 0.259. The predicted molar refractivity (Wildman–Crippen MR) is 34.3 cm³/mol. The Labute approximate surface area is 51.3 Å². The van der Waals surface area contributed by atoms with Crippen molar-refractivity contribution < 1.29 is 0 Å². The third-order valence-corrected chi connectivity index (χ3v) is 1.21. The van der Waals surface area contributed by atoms with E-state index in [4.69, 9.17) is 5.26 Å². The van der Waals surface area contributed by atoms with Gasteiger partial charge in [-0.1, -0.05) is 19.8 Å². The van der Waals surface area contributed by atoms with Crippen LogP contribution in [0.4, 0.5) is 0 Å². The Morgan fingerprint density at radius 2 is 2.25 bits per heavy atom. The first-order valence-electron chi connectivity index (χ1n) is 3.20. The number of hydrogen-bond donors (Lipinski definition) is 0. The summed E-state index contributed by atoms with van der Waals surface area (Å²) >= 11 is 0. The van der Waals surface area contributed by atoms with E-state index in [0.717, 1.165) is 6.42 Å². The number of hydrogen-bond acceptors (Lipinski definition) is 1. The van der Waals surface area contributed by atoms with Crippen LogP contribution in [-0.2, 0) is 0 Å². The van der Waals surface area contributed by atoms with Gasteiger partial charge in [-0.3, -0.25) is 0 Å². The summed E-state index contributed by atoms with van der Waals surface area (Å²) in [5.41, 5.74) is 0. The highest BCUT2D eigenvalue weighted by Crippen LogP contribution is 2.04. The van der Waals surface area contributed by atoms with E-state index in [1.165, 1.54) is 12.8 Å². The fourth-order valence-corrected chi connectivity index (χ4v) is 0.575. The maximum atomic E-state index is 8.31. The fourth-order valence-electron chi connectivity index (χ4n) is 0.575. The van der Waals surface area contributed by atoms with Crippen molar-refractivity contribution in [3.8, 4) is 6.07 Å². The number of nitriles is 1. The molecule has 0 radical (unpaired) electrons. The van der Waals surface area contributed by atoms with Gasteiger partial charge in [0.05, 0.1) is 6.07 Å². The lowest BCUT2D eigenvalue weighted by Gasteiger charge is -1.96. The molecule has 0 aliphatic heterocycles. The third kappa shape index (κ3) is 3.67. The van der Waals surface area contributed by atoms with E-state index in [2.05, 4.69) is 13.0 Å². The molecule has 1 atom stereocenters. The summed E-state index contributed by atoms with van der Waals surface area (Å²) in [5, 5.41) is 8.31. The van der Waals surface area contributed by atoms with Crippen LogP contribution < -0.4 is 0 Å². The second-order valence-electron chi connectivity index (χ2n) is 2.17. The summed E-state index contributed by atoms with van der Waals surface area (Å²) in [6.45, 7) is 4.11. The first-order chi connectivity index (χ1) is 3.81. The zero-order valence-electron chi connectivity index (χ0n) is 5.65. The largest absolute Gasteiger partial charge is 0.198 e. The fraction of sp³-hybridized carbons (Fsp3) is 0.857. The molecule has 46 valence electrons. The molecule has 0 aromatic rings. The highest BCUT2D eigenvalue weighted by Gasteiger charge is 1.95. The van der Waals surface area contributed by atoms with E-state index in [1.807, 2.05) is 6.92 Å². The SMILES string of the molecule is CCCCC(C)C#N. The molecule has 1 nitrogen and oxygen atoms in total. The van der Waals surface area contributed by atoms with Crippen molar-refractivity contribution in [1.29, 1.82) is 5.26 Å². The molecule has 0 aliphatic rings. The molecule has 0 aromatic carbocycles. The average Bonchev–Trinajstić information content (AvgIpc) is 1.83. The van der Waals surface area contributed by atoms with Gasteiger partial charge in [-0.25, -0.2) is 0 Å². The Hall–Kier alpha value is -0.510. The smallest absolute Gasteiger partial charge is 0.0652 e. The Bertz CT molecular complexity index is 80.9. The predicted octanol–water partition coefficient (Wildman–Crippen LogP) is 2.34. The minimum Gasteiger partial charge on any atom is -0.198 e. The maximum absolute atomic E-state index is 8.31. The molecule has 0 aliphatic carbocycles. The molecule has 0 N–H and O–H groups in total. The Morgan fingerprint density at radius 3 is 2.62 bits per heavy atom. The average molecular weight is 111 g/mol. The topological polar surface area (TPSA) is 23.8 Å². The molecule has 0 spiro atoms. The number of nitrogens with zero attached hydrogens (tertiary/aromatic N) is 1. The first-order valence-corrected chi connectivity index (χ1v) is 3.20. The molecule has 1 unspecified atom stereocenters. The molecule has 0 rings (SSSR count). The van der Waals surface area contributed by atoms with Crippen molar-refractivity contribution >= 4 is 0 Å². The summed E-state index contributed by atoms with van der Waals surface area (Å²) in [6, 6.07) is 2.20. The Morgan fingerprint density at radius 1 is 1.62 bits per heavy atom. The van der Waals surface area contributed by atoms with Gasteiger partial charge in [-0.05, 0) is 13.3 Å². The zero-order valence-corrected chi connectivity index (χ0v) is 5.65. The van der Waals surface area contributed by atoms with Crippen molar-refractivity contribution in [3.63, 3.8) is 0 Å². The maximum Gasteiger partial charge on any atom is 0.0652 e. The van der Waals surface area contributed by atoms with Crippen LogP contribution >= 0.6 is 0 Å². The van der Waals surface area contributed by atoms with E-state index in [1.54, 1.807) is 0 Å². The van der Waals surface area contributed by atoms with Gasteiger partial charge in [0.2, 0.25) is 0 Å². The highest BCUT2D eigenvalue weighted by molar-refractivity contribution is 4.77. The van der Waals surface area contributed by atoms with Crippen LogP contribution in [0.5, 0.6) is 0 Å². The van der Waals surface area contributed by atoms with Gasteiger partial charge in [-0.2, -0.15) is 5.26 Å². The molecule has 0 amide bonds. The number of unbranched alkanes of at least 4 members (excludes halogenated alkanes) is 1. The van der Waals surface area contributed by atoms with Crippen LogP contribution in [0.15, 0.2) is 0 Å². The first kappa shape index (κ1) is 7.49. The van der Waals surface area contributed by atoms with Crippen molar-refractivity contribution in [2.24, 2.45) is 5.92 Å². The molecular formula is C7H13N. The molecule has 8 heavy (non-hydrogen) atoms. The molecule has 0 heterocycles. The van der Waals surface area contributed by atoms with Gasteiger partial charge in [0.25, 0.3) is 0 Å². The lowest BCUT2D eigenvalue weighted by atomic mass is 10.1. The molecule has 0 saturated heterocycles. The molecule has 1 heteroatoms. The van der Waals surface area contributed by atoms with E-state index in [0.29, 0.717) is 0 Å². The minimum absolute atomic E-state index is 0.259. The van der Waals surface area contributed by atoms with Crippen LogP contribution in [0.1, 0.15) is 33.1 Å².